The van der Waals surface area contributed by atoms with Crippen LogP contribution < -0.4 is 5.32 Å². The van der Waals surface area contributed by atoms with E-state index in [4.69, 9.17) is 0 Å². The molecule has 0 aromatic heterocycles. The molecule has 2 aliphatic heterocycles. The second-order valence-electron chi connectivity index (χ2n) is 4.23. The highest BCUT2D eigenvalue weighted by Crippen LogP contribution is 2.19. The van der Waals surface area contributed by atoms with Gasteiger partial charge in [0.2, 0.25) is 5.91 Å². The molecule has 2 fully saturated rings. The van der Waals surface area contributed by atoms with Crippen molar-refractivity contribution in [1.82, 2.24) is 10.2 Å². The van der Waals surface area contributed by atoms with Crippen LogP contribution in [0.2, 0.25) is 0 Å². The molecule has 2 atom stereocenters. The van der Waals surface area contributed by atoms with E-state index in [0.717, 1.165) is 25.9 Å². The predicted molar refractivity (Wildman–Crippen MR) is 51.4 cm³/mol. The van der Waals surface area contributed by atoms with Crippen molar-refractivity contribution < 1.29 is 4.79 Å². The SMILES string of the molecule is CC1CCC(N2CCCC2=O)CN1. The molecule has 3 nitrogen and oxygen atoms in total. The van der Waals surface area contributed by atoms with E-state index in [-0.39, 0.29) is 0 Å². The Bertz CT molecular complexity index is 197. The Kier molecular flexibility index (Phi) is 2.54. The smallest absolute Gasteiger partial charge is 0.222 e. The number of hydrogen-bond donors (Lipinski definition) is 1. The summed E-state index contributed by atoms with van der Waals surface area (Å²) >= 11 is 0. The first-order chi connectivity index (χ1) is 6.27. The third kappa shape index (κ3) is 1.85. The lowest BCUT2D eigenvalue weighted by Gasteiger charge is -2.34. The Morgan fingerprint density at radius 2 is 2.31 bits per heavy atom. The lowest BCUT2D eigenvalue weighted by atomic mass is 10.0. The maximum atomic E-state index is 11.5. The van der Waals surface area contributed by atoms with Gasteiger partial charge in [-0.05, 0) is 26.2 Å². The maximum Gasteiger partial charge on any atom is 0.222 e. The highest BCUT2D eigenvalue weighted by atomic mass is 16.2. The summed E-state index contributed by atoms with van der Waals surface area (Å²) < 4.78 is 0. The molecular formula is C10H18N2O. The number of nitrogens with one attached hydrogen (secondary N) is 1. The van der Waals surface area contributed by atoms with Crippen molar-refractivity contribution in [1.29, 1.82) is 0 Å². The van der Waals surface area contributed by atoms with Crippen LogP contribution in [0.5, 0.6) is 0 Å². The normalized spacial score (nSPS) is 35.5. The zero-order valence-corrected chi connectivity index (χ0v) is 8.25. The Morgan fingerprint density at radius 3 is 2.85 bits per heavy atom. The lowest BCUT2D eigenvalue weighted by molar-refractivity contribution is -0.130. The molecule has 2 saturated heterocycles. The number of carbonyl (C=O) groups excluding carboxylic acids is 1. The summed E-state index contributed by atoms with van der Waals surface area (Å²) in [6, 6.07) is 1.11. The Labute approximate surface area is 79.5 Å². The van der Waals surface area contributed by atoms with Gasteiger partial charge >= 0.3 is 0 Å². The average Bonchev–Trinajstić information content (AvgIpc) is 2.53. The molecule has 0 spiro atoms. The number of amides is 1. The van der Waals surface area contributed by atoms with Crippen LogP contribution in [0.25, 0.3) is 0 Å². The van der Waals surface area contributed by atoms with Crippen LogP contribution in [0.3, 0.4) is 0 Å². The molecule has 0 aliphatic carbocycles. The molecular weight excluding hydrogens is 164 g/mol. The van der Waals surface area contributed by atoms with Gasteiger partial charge in [0.25, 0.3) is 0 Å². The standard InChI is InChI=1S/C10H18N2O/c1-8-4-5-9(7-11-8)12-6-2-3-10(12)13/h8-9,11H,2-7H2,1H3. The van der Waals surface area contributed by atoms with E-state index in [0.29, 0.717) is 18.0 Å². The molecule has 2 unspecified atom stereocenters. The monoisotopic (exact) mass is 182 g/mol. The van der Waals surface area contributed by atoms with Crippen molar-refractivity contribution in [2.24, 2.45) is 0 Å². The van der Waals surface area contributed by atoms with Crippen LogP contribution >= 0.6 is 0 Å². The Balaban J connectivity index is 1.90. The molecule has 0 aromatic carbocycles. The summed E-state index contributed by atoms with van der Waals surface area (Å²) in [7, 11) is 0. The minimum absolute atomic E-state index is 0.362. The molecule has 2 aliphatic rings. The third-order valence-electron chi connectivity index (χ3n) is 3.19. The van der Waals surface area contributed by atoms with Crippen LogP contribution in [0.4, 0.5) is 0 Å². The molecule has 0 saturated carbocycles. The quantitative estimate of drug-likeness (QED) is 0.649. The Morgan fingerprint density at radius 1 is 1.46 bits per heavy atom. The van der Waals surface area contributed by atoms with Crippen molar-refractivity contribution in [3.05, 3.63) is 0 Å². The van der Waals surface area contributed by atoms with Gasteiger partial charge in [-0.1, -0.05) is 0 Å². The van der Waals surface area contributed by atoms with Crippen LogP contribution in [0.1, 0.15) is 32.6 Å². The highest BCUT2D eigenvalue weighted by Gasteiger charge is 2.29. The van der Waals surface area contributed by atoms with E-state index < -0.39 is 0 Å². The molecule has 1 amide bonds. The number of hydrogen-bond acceptors (Lipinski definition) is 2. The van der Waals surface area contributed by atoms with Crippen molar-refractivity contribution in [3.8, 4) is 0 Å². The summed E-state index contributed by atoms with van der Waals surface area (Å²) in [6.07, 6.45) is 4.21. The third-order valence-corrected chi connectivity index (χ3v) is 3.19. The fourth-order valence-electron chi connectivity index (χ4n) is 2.30. The van der Waals surface area contributed by atoms with E-state index in [1.54, 1.807) is 0 Å². The highest BCUT2D eigenvalue weighted by molar-refractivity contribution is 5.78. The summed E-state index contributed by atoms with van der Waals surface area (Å²) in [6.45, 7) is 4.19. The second kappa shape index (κ2) is 3.66. The van der Waals surface area contributed by atoms with Gasteiger partial charge in [0, 0.05) is 31.6 Å². The van der Waals surface area contributed by atoms with E-state index in [1.807, 2.05) is 0 Å². The topological polar surface area (TPSA) is 32.3 Å². The molecule has 74 valence electrons. The number of rotatable bonds is 1. The molecule has 0 aromatic rings. The Hall–Kier alpha value is -0.570. The van der Waals surface area contributed by atoms with Crippen molar-refractivity contribution >= 4 is 5.91 Å². The minimum atomic E-state index is 0.362. The second-order valence-corrected chi connectivity index (χ2v) is 4.23. The van der Waals surface area contributed by atoms with Crippen molar-refractivity contribution in [3.63, 3.8) is 0 Å². The zero-order valence-electron chi connectivity index (χ0n) is 8.25. The number of carbonyl (C=O) groups is 1. The van der Waals surface area contributed by atoms with E-state index in [9.17, 15) is 4.79 Å². The summed E-state index contributed by atoms with van der Waals surface area (Å²) in [5.74, 6) is 0.362. The molecule has 1 N–H and O–H groups in total. The van der Waals surface area contributed by atoms with Crippen LogP contribution in [0.15, 0.2) is 0 Å². The molecule has 0 bridgehead atoms. The van der Waals surface area contributed by atoms with Crippen LogP contribution in [0, 0.1) is 0 Å². The van der Waals surface area contributed by atoms with E-state index >= 15 is 0 Å². The van der Waals surface area contributed by atoms with Crippen molar-refractivity contribution in [2.45, 2.75) is 44.7 Å². The first-order valence-corrected chi connectivity index (χ1v) is 5.30. The zero-order chi connectivity index (χ0) is 9.26. The van der Waals surface area contributed by atoms with Gasteiger partial charge in [0.15, 0.2) is 0 Å². The molecule has 2 rings (SSSR count). The van der Waals surface area contributed by atoms with Gasteiger partial charge in [-0.25, -0.2) is 0 Å². The predicted octanol–water partition coefficient (Wildman–Crippen LogP) is 0.749. The van der Waals surface area contributed by atoms with Gasteiger partial charge in [-0.2, -0.15) is 0 Å². The van der Waals surface area contributed by atoms with Gasteiger partial charge in [-0.15, -0.1) is 0 Å². The van der Waals surface area contributed by atoms with Crippen LogP contribution in [-0.4, -0.2) is 36.0 Å². The summed E-state index contributed by atoms with van der Waals surface area (Å²) in [5, 5.41) is 3.44. The fraction of sp³-hybridized carbons (Fsp3) is 0.900. The van der Waals surface area contributed by atoms with E-state index in [1.165, 1.54) is 12.8 Å². The first-order valence-electron chi connectivity index (χ1n) is 5.30. The number of piperidine rings is 1. The molecule has 2 heterocycles. The maximum absolute atomic E-state index is 11.5. The van der Waals surface area contributed by atoms with Gasteiger partial charge < -0.3 is 10.2 Å². The van der Waals surface area contributed by atoms with Crippen LogP contribution in [-0.2, 0) is 4.79 Å². The largest absolute Gasteiger partial charge is 0.338 e. The average molecular weight is 182 g/mol. The van der Waals surface area contributed by atoms with Gasteiger partial charge in [0.05, 0.1) is 0 Å². The first kappa shape index (κ1) is 9.00. The number of likely N-dealkylation sites (tertiary alicyclic amines) is 1. The number of nitrogens with zero attached hydrogens (tertiary/aromatic N) is 1. The summed E-state index contributed by atoms with van der Waals surface area (Å²) in [5.41, 5.74) is 0. The molecule has 3 heteroatoms. The minimum Gasteiger partial charge on any atom is -0.338 e. The lowest BCUT2D eigenvalue weighted by Crippen LogP contribution is -2.49. The van der Waals surface area contributed by atoms with Gasteiger partial charge in [-0.3, -0.25) is 4.79 Å². The molecule has 0 radical (unpaired) electrons. The molecule has 13 heavy (non-hydrogen) atoms. The summed E-state index contributed by atoms with van der Waals surface area (Å²) in [4.78, 5) is 13.5. The van der Waals surface area contributed by atoms with E-state index in [2.05, 4.69) is 17.1 Å². The van der Waals surface area contributed by atoms with Crippen molar-refractivity contribution in [2.75, 3.05) is 13.1 Å². The van der Waals surface area contributed by atoms with Gasteiger partial charge in [0.1, 0.15) is 0 Å². The fourth-order valence-corrected chi connectivity index (χ4v) is 2.30.